The zero-order valence-corrected chi connectivity index (χ0v) is 21.4. The molecule has 4 rings (SSSR count). The minimum atomic E-state index is -0.871. The zero-order valence-electron chi connectivity index (χ0n) is 19.7. The number of hydrogen-bond donors (Lipinski definition) is 2. The van der Waals surface area contributed by atoms with Gasteiger partial charge < -0.3 is 29.6 Å². The van der Waals surface area contributed by atoms with Gasteiger partial charge in [-0.15, -0.1) is 22.7 Å². The SMILES string of the molecule is COC(=O)c1scc(NC(=O)Nc2cc(OCc3cccc4ncsc34)c(OC)cc2F)c1C(=O)OC. The van der Waals surface area contributed by atoms with Crippen LogP contribution in [0, 0.1) is 5.82 Å². The Morgan fingerprint density at radius 3 is 2.46 bits per heavy atom. The first kappa shape index (κ1) is 25.9. The molecule has 0 atom stereocenters. The summed E-state index contributed by atoms with van der Waals surface area (Å²) >= 11 is 2.36. The van der Waals surface area contributed by atoms with Crippen LogP contribution in [-0.2, 0) is 16.1 Å². The van der Waals surface area contributed by atoms with Gasteiger partial charge in [-0.3, -0.25) is 0 Å². The van der Waals surface area contributed by atoms with Crippen molar-refractivity contribution in [2.24, 2.45) is 0 Å². The second kappa shape index (κ2) is 11.2. The van der Waals surface area contributed by atoms with Crippen LogP contribution in [0.15, 0.2) is 41.2 Å². The van der Waals surface area contributed by atoms with Crippen molar-refractivity contribution in [1.29, 1.82) is 0 Å². The molecule has 4 aromatic rings. The first-order chi connectivity index (χ1) is 17.9. The number of nitrogens with one attached hydrogen (secondary N) is 2. The molecular weight excluding hydrogens is 525 g/mol. The molecule has 0 spiro atoms. The normalized spacial score (nSPS) is 10.6. The Hall–Kier alpha value is -4.23. The average molecular weight is 546 g/mol. The number of esters is 2. The Kier molecular flexibility index (Phi) is 7.84. The molecule has 0 saturated heterocycles. The number of aromatic nitrogens is 1. The van der Waals surface area contributed by atoms with E-state index in [1.807, 2.05) is 18.2 Å². The van der Waals surface area contributed by atoms with Crippen molar-refractivity contribution in [2.45, 2.75) is 6.61 Å². The Balaban J connectivity index is 1.54. The van der Waals surface area contributed by atoms with Crippen LogP contribution >= 0.6 is 22.7 Å². The fourth-order valence-corrected chi connectivity index (χ4v) is 5.09. The maximum Gasteiger partial charge on any atom is 0.349 e. The second-order valence-corrected chi connectivity index (χ2v) is 9.04. The van der Waals surface area contributed by atoms with Crippen LogP contribution < -0.4 is 20.1 Å². The molecule has 0 bridgehead atoms. The lowest BCUT2D eigenvalue weighted by atomic mass is 10.2. The van der Waals surface area contributed by atoms with Crippen molar-refractivity contribution in [1.82, 2.24) is 4.98 Å². The molecule has 2 heterocycles. The van der Waals surface area contributed by atoms with Gasteiger partial charge in [0, 0.05) is 23.1 Å². The molecule has 0 aliphatic carbocycles. The highest BCUT2D eigenvalue weighted by molar-refractivity contribution is 7.17. The van der Waals surface area contributed by atoms with Gasteiger partial charge in [-0.05, 0) is 6.07 Å². The second-order valence-electron chi connectivity index (χ2n) is 7.31. The molecule has 10 nitrogen and oxygen atoms in total. The number of methoxy groups -OCH3 is 3. The van der Waals surface area contributed by atoms with E-state index < -0.39 is 23.8 Å². The number of thiophene rings is 1. The first-order valence-electron chi connectivity index (χ1n) is 10.5. The van der Waals surface area contributed by atoms with E-state index in [1.54, 1.807) is 5.51 Å². The van der Waals surface area contributed by atoms with E-state index in [0.29, 0.717) is 0 Å². The standard InChI is InChI=1S/C24H20FN3O7S2/c1-32-17-7-13(25)15(8-18(17)35-9-12-5-4-6-14-20(12)37-11-26-14)27-24(31)28-16-10-36-21(23(30)34-3)19(16)22(29)33-2/h4-8,10-11H,9H2,1-3H3,(H2,27,28,31). The van der Waals surface area contributed by atoms with E-state index in [1.165, 1.54) is 29.9 Å². The van der Waals surface area contributed by atoms with Crippen LogP contribution in [0.4, 0.5) is 20.6 Å². The number of amides is 2. The minimum Gasteiger partial charge on any atom is -0.493 e. The number of thiazole rings is 1. The summed E-state index contributed by atoms with van der Waals surface area (Å²) < 4.78 is 36.2. The number of anilines is 2. The molecule has 0 unspecified atom stereocenters. The largest absolute Gasteiger partial charge is 0.493 e. The molecule has 192 valence electrons. The van der Waals surface area contributed by atoms with E-state index in [9.17, 15) is 18.8 Å². The van der Waals surface area contributed by atoms with E-state index in [4.69, 9.17) is 14.2 Å². The van der Waals surface area contributed by atoms with Gasteiger partial charge in [-0.1, -0.05) is 12.1 Å². The number of urea groups is 1. The highest BCUT2D eigenvalue weighted by atomic mass is 32.1. The fourth-order valence-electron chi connectivity index (χ4n) is 3.39. The third kappa shape index (κ3) is 5.47. The predicted molar refractivity (Wildman–Crippen MR) is 137 cm³/mol. The number of rotatable bonds is 8. The number of nitrogens with zero attached hydrogens (tertiary/aromatic N) is 1. The molecular formula is C24H20FN3O7S2. The Morgan fingerprint density at radius 2 is 1.73 bits per heavy atom. The number of carbonyl (C=O) groups excluding carboxylic acids is 3. The number of halogens is 1. The monoisotopic (exact) mass is 545 g/mol. The summed E-state index contributed by atoms with van der Waals surface area (Å²) in [5.41, 5.74) is 3.08. The molecule has 0 fully saturated rings. The molecule has 0 saturated carbocycles. The van der Waals surface area contributed by atoms with Crippen LogP contribution in [-0.4, -0.2) is 44.3 Å². The van der Waals surface area contributed by atoms with Crippen molar-refractivity contribution < 1.29 is 37.7 Å². The molecule has 37 heavy (non-hydrogen) atoms. The van der Waals surface area contributed by atoms with Gasteiger partial charge in [-0.2, -0.15) is 0 Å². The van der Waals surface area contributed by atoms with Gasteiger partial charge in [0.05, 0.1) is 48.4 Å². The van der Waals surface area contributed by atoms with Crippen molar-refractivity contribution in [3.05, 3.63) is 63.0 Å². The zero-order chi connectivity index (χ0) is 26.5. The fraction of sp³-hybridized carbons (Fsp3) is 0.167. The maximum atomic E-state index is 14.7. The summed E-state index contributed by atoms with van der Waals surface area (Å²) in [6.07, 6.45) is 0. The number of fused-ring (bicyclic) bond motifs is 1. The summed E-state index contributed by atoms with van der Waals surface area (Å²) in [5, 5.41) is 6.18. The topological polar surface area (TPSA) is 125 Å². The van der Waals surface area contributed by atoms with E-state index in [0.717, 1.165) is 47.4 Å². The average Bonchev–Trinajstić information content (AvgIpc) is 3.55. The van der Waals surface area contributed by atoms with Gasteiger partial charge in [0.25, 0.3) is 0 Å². The third-order valence-corrected chi connectivity index (χ3v) is 7.00. The van der Waals surface area contributed by atoms with Gasteiger partial charge in [0.1, 0.15) is 17.0 Å². The number of hydrogen-bond acceptors (Lipinski definition) is 10. The lowest BCUT2D eigenvalue weighted by Crippen LogP contribution is -2.22. The smallest absolute Gasteiger partial charge is 0.349 e. The van der Waals surface area contributed by atoms with Crippen LogP contribution in [0.25, 0.3) is 10.2 Å². The molecule has 0 radical (unpaired) electrons. The highest BCUT2D eigenvalue weighted by Crippen LogP contribution is 2.35. The molecule has 0 aliphatic rings. The van der Waals surface area contributed by atoms with E-state index in [-0.39, 0.29) is 39.9 Å². The van der Waals surface area contributed by atoms with Crippen molar-refractivity contribution >= 4 is 62.2 Å². The Labute approximate surface area is 217 Å². The van der Waals surface area contributed by atoms with Crippen LogP contribution in [0.1, 0.15) is 25.6 Å². The molecule has 2 aromatic heterocycles. The van der Waals surface area contributed by atoms with Crippen molar-refractivity contribution in [2.75, 3.05) is 32.0 Å². The van der Waals surface area contributed by atoms with Gasteiger partial charge in [-0.25, -0.2) is 23.8 Å². The van der Waals surface area contributed by atoms with Crippen LogP contribution in [0.3, 0.4) is 0 Å². The lowest BCUT2D eigenvalue weighted by molar-refractivity contribution is 0.0561. The third-order valence-electron chi connectivity index (χ3n) is 5.12. The number of ether oxygens (including phenoxy) is 4. The lowest BCUT2D eigenvalue weighted by Gasteiger charge is -2.15. The minimum absolute atomic E-state index is 0.00204. The number of carbonyl (C=O) groups is 3. The van der Waals surface area contributed by atoms with Crippen molar-refractivity contribution in [3.63, 3.8) is 0 Å². The maximum absolute atomic E-state index is 14.7. The molecule has 2 aromatic carbocycles. The molecule has 2 amide bonds. The predicted octanol–water partition coefficient (Wildman–Crippen LogP) is 5.30. The summed E-state index contributed by atoms with van der Waals surface area (Å²) in [6.45, 7) is 0.154. The van der Waals surface area contributed by atoms with E-state index >= 15 is 0 Å². The quantitative estimate of drug-likeness (QED) is 0.286. The molecule has 13 heteroatoms. The summed E-state index contributed by atoms with van der Waals surface area (Å²) in [7, 11) is 3.66. The first-order valence-corrected chi connectivity index (χ1v) is 12.3. The summed E-state index contributed by atoms with van der Waals surface area (Å²) in [5.74, 6) is -2.07. The van der Waals surface area contributed by atoms with E-state index in [2.05, 4.69) is 20.4 Å². The Morgan fingerprint density at radius 1 is 0.973 bits per heavy atom. The summed E-state index contributed by atoms with van der Waals surface area (Å²) in [4.78, 5) is 41.1. The Bertz CT molecular complexity index is 1480. The highest BCUT2D eigenvalue weighted by Gasteiger charge is 2.26. The van der Waals surface area contributed by atoms with Gasteiger partial charge in [0.15, 0.2) is 17.3 Å². The van der Waals surface area contributed by atoms with Crippen LogP contribution in [0.2, 0.25) is 0 Å². The number of benzene rings is 2. The molecule has 2 N–H and O–H groups in total. The molecule has 0 aliphatic heterocycles. The summed E-state index contributed by atoms with van der Waals surface area (Å²) in [6, 6.07) is 7.14. The van der Waals surface area contributed by atoms with Gasteiger partial charge in [0.2, 0.25) is 0 Å². The van der Waals surface area contributed by atoms with Gasteiger partial charge >= 0.3 is 18.0 Å². The van der Waals surface area contributed by atoms with Crippen LogP contribution in [0.5, 0.6) is 11.5 Å². The van der Waals surface area contributed by atoms with Crippen molar-refractivity contribution in [3.8, 4) is 11.5 Å².